The van der Waals surface area contributed by atoms with Crippen LogP contribution in [0.1, 0.15) is 32.4 Å². The Kier molecular flexibility index (Phi) is 5.44. The molecule has 0 fully saturated rings. The monoisotopic (exact) mass is 271 g/mol. The van der Waals surface area contributed by atoms with E-state index in [0.717, 1.165) is 0 Å². The van der Waals surface area contributed by atoms with Crippen molar-refractivity contribution in [1.82, 2.24) is 5.32 Å². The molecule has 2 atom stereocenters. The van der Waals surface area contributed by atoms with E-state index < -0.39 is 18.3 Å². The number of aliphatic hydroxyl groups excluding tert-OH is 1. The van der Waals surface area contributed by atoms with Crippen molar-refractivity contribution < 1.29 is 14.6 Å². The Hall–Kier alpha value is -1.26. The van der Waals surface area contributed by atoms with Crippen molar-refractivity contribution in [2.24, 2.45) is 0 Å². The minimum Gasteiger partial charge on any atom is -0.443 e. The summed E-state index contributed by atoms with van der Waals surface area (Å²) in [6, 6.07) is 6.91. The van der Waals surface area contributed by atoms with E-state index in [1.54, 1.807) is 31.2 Å². The van der Waals surface area contributed by atoms with Gasteiger partial charge in [0.1, 0.15) is 12.2 Å². The van der Waals surface area contributed by atoms with Gasteiger partial charge in [-0.2, -0.15) is 0 Å². The molecule has 0 saturated heterocycles. The number of benzene rings is 1. The Labute approximate surface area is 112 Å². The highest BCUT2D eigenvalue weighted by Crippen LogP contribution is 2.26. The average molecular weight is 272 g/mol. The van der Waals surface area contributed by atoms with Crippen molar-refractivity contribution in [3.05, 3.63) is 34.9 Å². The summed E-state index contributed by atoms with van der Waals surface area (Å²) in [6.07, 6.45) is -2.18. The summed E-state index contributed by atoms with van der Waals surface area (Å²) in [5, 5.41) is 13.1. The van der Waals surface area contributed by atoms with Gasteiger partial charge in [0.05, 0.1) is 0 Å². The lowest BCUT2D eigenvalue weighted by Gasteiger charge is -2.21. The number of amides is 1. The van der Waals surface area contributed by atoms with Gasteiger partial charge in [0.15, 0.2) is 0 Å². The third-order valence-corrected chi connectivity index (χ3v) is 2.71. The maximum atomic E-state index is 11.4. The second-order valence-electron chi connectivity index (χ2n) is 4.38. The van der Waals surface area contributed by atoms with Crippen LogP contribution in [0.2, 0.25) is 5.02 Å². The topological polar surface area (TPSA) is 58.6 Å². The van der Waals surface area contributed by atoms with Crippen LogP contribution >= 0.6 is 11.6 Å². The number of aliphatic hydroxyl groups is 1. The van der Waals surface area contributed by atoms with Gasteiger partial charge in [0.25, 0.3) is 0 Å². The molecule has 0 aliphatic rings. The normalized spacial score (nSPS) is 14.1. The van der Waals surface area contributed by atoms with E-state index in [4.69, 9.17) is 16.3 Å². The van der Waals surface area contributed by atoms with Gasteiger partial charge >= 0.3 is 6.09 Å². The summed E-state index contributed by atoms with van der Waals surface area (Å²) in [7, 11) is 0. The lowest BCUT2D eigenvalue weighted by Crippen LogP contribution is -2.34. The zero-order valence-corrected chi connectivity index (χ0v) is 11.4. The summed E-state index contributed by atoms with van der Waals surface area (Å²) in [5.74, 6) is 0. The molecule has 1 aromatic carbocycles. The van der Waals surface area contributed by atoms with Crippen molar-refractivity contribution in [3.8, 4) is 0 Å². The molecule has 0 aliphatic carbocycles. The lowest BCUT2D eigenvalue weighted by molar-refractivity contribution is 0.0112. The molecule has 0 radical (unpaired) electrons. The van der Waals surface area contributed by atoms with Gasteiger partial charge in [-0.05, 0) is 26.8 Å². The molecular weight excluding hydrogens is 254 g/mol. The van der Waals surface area contributed by atoms with Crippen LogP contribution in [0.15, 0.2) is 24.3 Å². The van der Waals surface area contributed by atoms with Crippen LogP contribution in [0.3, 0.4) is 0 Å². The van der Waals surface area contributed by atoms with Gasteiger partial charge in [-0.1, -0.05) is 29.8 Å². The first kappa shape index (κ1) is 14.8. The van der Waals surface area contributed by atoms with E-state index in [2.05, 4.69) is 5.32 Å². The van der Waals surface area contributed by atoms with Crippen LogP contribution in [0.4, 0.5) is 4.79 Å². The number of nitrogens with one attached hydrogen (secondary N) is 1. The first-order valence-corrected chi connectivity index (χ1v) is 6.19. The van der Waals surface area contributed by atoms with Crippen LogP contribution in [0, 0.1) is 0 Å². The minimum absolute atomic E-state index is 0.0119. The molecule has 0 heterocycles. The molecule has 1 amide bonds. The van der Waals surface area contributed by atoms with E-state index in [-0.39, 0.29) is 6.04 Å². The van der Waals surface area contributed by atoms with Crippen LogP contribution in [-0.2, 0) is 4.74 Å². The molecule has 0 unspecified atom stereocenters. The van der Waals surface area contributed by atoms with Crippen LogP contribution in [-0.4, -0.2) is 23.3 Å². The standard InChI is InChI=1S/C13H18ClNO3/c1-8(2)15-13(17)18-9(3)12(16)10-6-4-5-7-11(10)14/h4-9,12,16H,1-3H3,(H,15,17)/t9-,12+/m1/s1. The van der Waals surface area contributed by atoms with Crippen molar-refractivity contribution in [3.63, 3.8) is 0 Å². The molecule has 0 aliphatic heterocycles. The third-order valence-electron chi connectivity index (χ3n) is 2.37. The van der Waals surface area contributed by atoms with Crippen molar-refractivity contribution in [1.29, 1.82) is 0 Å². The molecule has 0 spiro atoms. The Morgan fingerprint density at radius 2 is 1.94 bits per heavy atom. The largest absolute Gasteiger partial charge is 0.443 e. The highest BCUT2D eigenvalue weighted by molar-refractivity contribution is 6.31. The SMILES string of the molecule is CC(C)NC(=O)O[C@H](C)[C@H](O)c1ccccc1Cl. The molecule has 18 heavy (non-hydrogen) atoms. The predicted molar refractivity (Wildman–Crippen MR) is 70.6 cm³/mol. The number of rotatable bonds is 4. The van der Waals surface area contributed by atoms with Gasteiger partial charge < -0.3 is 15.2 Å². The number of ether oxygens (including phenoxy) is 1. The number of hydrogen-bond donors (Lipinski definition) is 2. The van der Waals surface area contributed by atoms with Crippen molar-refractivity contribution in [2.45, 2.75) is 39.0 Å². The molecule has 2 N–H and O–H groups in total. The van der Waals surface area contributed by atoms with E-state index in [0.29, 0.717) is 10.6 Å². The second kappa shape index (κ2) is 6.61. The summed E-state index contributed by atoms with van der Waals surface area (Å²) in [5.41, 5.74) is 0.545. The first-order chi connectivity index (χ1) is 8.41. The fraction of sp³-hybridized carbons (Fsp3) is 0.462. The number of alkyl carbamates (subject to hydrolysis) is 1. The fourth-order valence-corrected chi connectivity index (χ4v) is 1.72. The molecule has 0 bridgehead atoms. The van der Waals surface area contributed by atoms with Crippen LogP contribution in [0.5, 0.6) is 0 Å². The molecule has 0 aromatic heterocycles. The van der Waals surface area contributed by atoms with Gasteiger partial charge in [-0.3, -0.25) is 0 Å². The van der Waals surface area contributed by atoms with Crippen LogP contribution in [0.25, 0.3) is 0 Å². The predicted octanol–water partition coefficient (Wildman–Crippen LogP) is 2.90. The second-order valence-corrected chi connectivity index (χ2v) is 4.78. The molecule has 1 aromatic rings. The summed E-state index contributed by atoms with van der Waals surface area (Å²) in [4.78, 5) is 11.4. The minimum atomic E-state index is -0.948. The number of carbonyl (C=O) groups excluding carboxylic acids is 1. The van der Waals surface area contributed by atoms with Gasteiger partial charge in [0, 0.05) is 16.6 Å². The van der Waals surface area contributed by atoms with Crippen molar-refractivity contribution >= 4 is 17.7 Å². The average Bonchev–Trinajstić information content (AvgIpc) is 2.27. The Morgan fingerprint density at radius 1 is 1.33 bits per heavy atom. The van der Waals surface area contributed by atoms with Gasteiger partial charge in [-0.25, -0.2) is 4.79 Å². The fourth-order valence-electron chi connectivity index (χ4n) is 1.47. The molecule has 100 valence electrons. The third kappa shape index (κ3) is 4.20. The number of carbonyl (C=O) groups is 1. The van der Waals surface area contributed by atoms with Crippen molar-refractivity contribution in [2.75, 3.05) is 0 Å². The quantitative estimate of drug-likeness (QED) is 0.885. The molecule has 0 saturated carbocycles. The maximum Gasteiger partial charge on any atom is 0.407 e. The van der Waals surface area contributed by atoms with E-state index in [1.165, 1.54) is 0 Å². The lowest BCUT2D eigenvalue weighted by atomic mass is 10.1. The number of halogens is 1. The van der Waals surface area contributed by atoms with Gasteiger partial charge in [-0.15, -0.1) is 0 Å². The van der Waals surface area contributed by atoms with E-state index >= 15 is 0 Å². The Bertz CT molecular complexity index is 409. The van der Waals surface area contributed by atoms with Crippen LogP contribution < -0.4 is 5.32 Å². The first-order valence-electron chi connectivity index (χ1n) is 5.81. The highest BCUT2D eigenvalue weighted by atomic mass is 35.5. The zero-order valence-electron chi connectivity index (χ0n) is 10.7. The van der Waals surface area contributed by atoms with Gasteiger partial charge in [0.2, 0.25) is 0 Å². The van der Waals surface area contributed by atoms with E-state index in [1.807, 2.05) is 13.8 Å². The molecular formula is C13H18ClNO3. The summed E-state index contributed by atoms with van der Waals surface area (Å²) in [6.45, 7) is 5.28. The molecule has 4 nitrogen and oxygen atoms in total. The Morgan fingerprint density at radius 3 is 2.50 bits per heavy atom. The number of hydrogen-bond acceptors (Lipinski definition) is 3. The smallest absolute Gasteiger partial charge is 0.407 e. The zero-order chi connectivity index (χ0) is 13.7. The highest BCUT2D eigenvalue weighted by Gasteiger charge is 2.22. The molecule has 5 heteroatoms. The summed E-state index contributed by atoms with van der Waals surface area (Å²) < 4.78 is 5.07. The molecule has 1 rings (SSSR count). The Balaban J connectivity index is 2.64. The maximum absolute atomic E-state index is 11.4. The summed E-state index contributed by atoms with van der Waals surface area (Å²) >= 11 is 5.97. The van der Waals surface area contributed by atoms with E-state index in [9.17, 15) is 9.90 Å².